The smallest absolute Gasteiger partial charge is 0.267 e. The summed E-state index contributed by atoms with van der Waals surface area (Å²) in [6.07, 6.45) is 2.74. The molecule has 15 heavy (non-hydrogen) atoms. The van der Waals surface area contributed by atoms with Crippen molar-refractivity contribution in [3.8, 4) is 0 Å². The van der Waals surface area contributed by atoms with Crippen molar-refractivity contribution in [3.05, 3.63) is 21.6 Å². The minimum absolute atomic E-state index is 0.0384. The van der Waals surface area contributed by atoms with Crippen LogP contribution in [0.1, 0.15) is 24.1 Å². The molecule has 1 aliphatic heterocycles. The lowest BCUT2D eigenvalue weighted by atomic mass is 10.1. The van der Waals surface area contributed by atoms with Crippen molar-refractivity contribution >= 4 is 5.91 Å². The molecular formula is C10H13N3O2. The van der Waals surface area contributed by atoms with Crippen LogP contribution in [0.5, 0.6) is 0 Å². The van der Waals surface area contributed by atoms with Gasteiger partial charge >= 0.3 is 0 Å². The second-order valence-electron chi connectivity index (χ2n) is 4.32. The van der Waals surface area contributed by atoms with Crippen molar-refractivity contribution in [2.75, 3.05) is 6.54 Å². The molecule has 0 spiro atoms. The predicted octanol–water partition coefficient (Wildman–Crippen LogP) is -0.00230. The molecule has 1 aliphatic carbocycles. The molecule has 3 rings (SSSR count). The number of fused-ring (bicyclic) bond motifs is 1. The van der Waals surface area contributed by atoms with Crippen LogP contribution >= 0.6 is 0 Å². The summed E-state index contributed by atoms with van der Waals surface area (Å²) < 4.78 is 0. The van der Waals surface area contributed by atoms with Crippen LogP contribution in [0.2, 0.25) is 0 Å². The van der Waals surface area contributed by atoms with Gasteiger partial charge in [-0.2, -0.15) is 0 Å². The number of H-pyrrole nitrogens is 2. The number of aromatic amines is 2. The van der Waals surface area contributed by atoms with Crippen LogP contribution in [0.4, 0.5) is 0 Å². The first-order chi connectivity index (χ1) is 7.25. The highest BCUT2D eigenvalue weighted by molar-refractivity contribution is 5.81. The summed E-state index contributed by atoms with van der Waals surface area (Å²) in [6, 6.07) is 0. The standard InChI is InChI=1S/C10H13N3O2/c14-9-7-3-4-13(5-8(7)11-12-9)10(15)6-1-2-6/h6H,1-5H2,(H2,11,12,14). The normalized spacial score (nSPS) is 20.1. The first kappa shape index (κ1) is 8.76. The van der Waals surface area contributed by atoms with Crippen LogP contribution in [0.3, 0.4) is 0 Å². The number of aromatic nitrogens is 2. The Morgan fingerprint density at radius 1 is 1.33 bits per heavy atom. The van der Waals surface area contributed by atoms with Crippen LogP contribution in [-0.2, 0) is 17.8 Å². The summed E-state index contributed by atoms with van der Waals surface area (Å²) in [6.45, 7) is 1.24. The first-order valence-electron chi connectivity index (χ1n) is 5.33. The molecule has 2 N–H and O–H groups in total. The third-order valence-corrected chi connectivity index (χ3v) is 3.18. The maximum absolute atomic E-state index is 11.8. The Bertz CT molecular complexity index is 455. The molecule has 0 aromatic carbocycles. The summed E-state index contributed by atoms with van der Waals surface area (Å²) in [7, 11) is 0. The van der Waals surface area contributed by atoms with Crippen LogP contribution in [0, 0.1) is 5.92 Å². The van der Waals surface area contributed by atoms with E-state index in [1.165, 1.54) is 0 Å². The molecule has 2 heterocycles. The van der Waals surface area contributed by atoms with E-state index in [0.29, 0.717) is 19.5 Å². The summed E-state index contributed by atoms with van der Waals surface area (Å²) in [4.78, 5) is 24.9. The van der Waals surface area contributed by atoms with Gasteiger partial charge in [-0.1, -0.05) is 0 Å². The van der Waals surface area contributed by atoms with E-state index in [4.69, 9.17) is 0 Å². The van der Waals surface area contributed by atoms with Gasteiger partial charge in [0.15, 0.2) is 0 Å². The highest BCUT2D eigenvalue weighted by Crippen LogP contribution is 2.32. The van der Waals surface area contributed by atoms with E-state index in [2.05, 4.69) is 10.2 Å². The van der Waals surface area contributed by atoms with Gasteiger partial charge in [0.25, 0.3) is 5.56 Å². The van der Waals surface area contributed by atoms with Crippen molar-refractivity contribution < 1.29 is 4.79 Å². The van der Waals surface area contributed by atoms with E-state index in [9.17, 15) is 9.59 Å². The van der Waals surface area contributed by atoms with Gasteiger partial charge in [-0.3, -0.25) is 14.7 Å². The number of nitrogens with zero attached hydrogens (tertiary/aromatic N) is 1. The average molecular weight is 207 g/mol. The highest BCUT2D eigenvalue weighted by Gasteiger charge is 2.35. The lowest BCUT2D eigenvalue weighted by Crippen LogP contribution is -2.37. The zero-order valence-electron chi connectivity index (χ0n) is 8.38. The largest absolute Gasteiger partial charge is 0.336 e. The molecule has 0 bridgehead atoms. The predicted molar refractivity (Wildman–Crippen MR) is 53.3 cm³/mol. The molecular weight excluding hydrogens is 194 g/mol. The van der Waals surface area contributed by atoms with E-state index in [1.807, 2.05) is 4.90 Å². The Morgan fingerprint density at radius 3 is 2.87 bits per heavy atom. The fourth-order valence-electron chi connectivity index (χ4n) is 2.11. The monoisotopic (exact) mass is 207 g/mol. The molecule has 80 valence electrons. The van der Waals surface area contributed by atoms with Crippen molar-refractivity contribution in [2.24, 2.45) is 5.92 Å². The summed E-state index contributed by atoms with van der Waals surface area (Å²) >= 11 is 0. The quantitative estimate of drug-likeness (QED) is 0.680. The van der Waals surface area contributed by atoms with Crippen LogP contribution in [-0.4, -0.2) is 27.5 Å². The van der Waals surface area contributed by atoms with Crippen molar-refractivity contribution in [1.29, 1.82) is 0 Å². The van der Waals surface area contributed by atoms with Crippen LogP contribution in [0.25, 0.3) is 0 Å². The van der Waals surface area contributed by atoms with Crippen molar-refractivity contribution in [2.45, 2.75) is 25.8 Å². The molecule has 5 nitrogen and oxygen atoms in total. The second kappa shape index (κ2) is 2.98. The third kappa shape index (κ3) is 1.38. The zero-order chi connectivity index (χ0) is 10.4. The summed E-state index contributed by atoms with van der Waals surface area (Å²) in [5, 5.41) is 5.40. The van der Waals surface area contributed by atoms with Crippen molar-refractivity contribution in [3.63, 3.8) is 0 Å². The SMILES string of the molecule is O=C(C1CC1)N1CCc2c([nH][nH]c2=O)C1. The van der Waals surface area contributed by atoms with Gasteiger partial charge in [0.2, 0.25) is 5.91 Å². The molecule has 1 aromatic rings. The average Bonchev–Trinajstić information content (AvgIpc) is 3.03. The molecule has 5 heteroatoms. The first-order valence-corrected chi connectivity index (χ1v) is 5.33. The van der Waals surface area contributed by atoms with Gasteiger partial charge in [0.05, 0.1) is 12.2 Å². The lowest BCUT2D eigenvalue weighted by Gasteiger charge is -2.26. The molecule has 2 aliphatic rings. The summed E-state index contributed by atoms with van der Waals surface area (Å²) in [5.74, 6) is 0.514. The van der Waals surface area contributed by atoms with Gasteiger partial charge in [0, 0.05) is 18.0 Å². The maximum atomic E-state index is 11.8. The topological polar surface area (TPSA) is 69.0 Å². The Balaban J connectivity index is 1.82. The molecule has 0 atom stereocenters. The number of hydrogen-bond acceptors (Lipinski definition) is 2. The van der Waals surface area contributed by atoms with E-state index in [1.54, 1.807) is 0 Å². The maximum Gasteiger partial charge on any atom is 0.267 e. The van der Waals surface area contributed by atoms with E-state index >= 15 is 0 Å². The Morgan fingerprint density at radius 2 is 2.13 bits per heavy atom. The summed E-state index contributed by atoms with van der Waals surface area (Å²) in [5.41, 5.74) is 1.65. The molecule has 0 unspecified atom stereocenters. The molecule has 1 aromatic heterocycles. The second-order valence-corrected chi connectivity index (χ2v) is 4.32. The van der Waals surface area contributed by atoms with Crippen LogP contribution < -0.4 is 5.56 Å². The number of rotatable bonds is 1. The van der Waals surface area contributed by atoms with Gasteiger partial charge in [-0.15, -0.1) is 0 Å². The minimum Gasteiger partial charge on any atom is -0.336 e. The molecule has 0 saturated heterocycles. The third-order valence-electron chi connectivity index (χ3n) is 3.18. The highest BCUT2D eigenvalue weighted by atomic mass is 16.2. The molecule has 1 amide bonds. The number of hydrogen-bond donors (Lipinski definition) is 2. The zero-order valence-corrected chi connectivity index (χ0v) is 8.38. The lowest BCUT2D eigenvalue weighted by molar-refractivity contribution is -0.133. The molecule has 1 saturated carbocycles. The Labute approximate surface area is 86.5 Å². The Hall–Kier alpha value is -1.52. The fraction of sp³-hybridized carbons (Fsp3) is 0.600. The minimum atomic E-state index is -0.0384. The van der Waals surface area contributed by atoms with E-state index in [0.717, 1.165) is 24.1 Å². The molecule has 1 fully saturated rings. The van der Waals surface area contributed by atoms with Crippen molar-refractivity contribution in [1.82, 2.24) is 15.1 Å². The number of carbonyl (C=O) groups is 1. The number of amides is 1. The van der Waals surface area contributed by atoms with Gasteiger partial charge in [0.1, 0.15) is 0 Å². The number of nitrogens with one attached hydrogen (secondary N) is 2. The Kier molecular flexibility index (Phi) is 1.74. The number of carbonyl (C=O) groups excluding carboxylic acids is 1. The van der Waals surface area contributed by atoms with Gasteiger partial charge in [-0.25, -0.2) is 0 Å². The fourth-order valence-corrected chi connectivity index (χ4v) is 2.11. The van der Waals surface area contributed by atoms with E-state index in [-0.39, 0.29) is 17.4 Å². The van der Waals surface area contributed by atoms with Gasteiger partial charge < -0.3 is 10.00 Å². The van der Waals surface area contributed by atoms with E-state index < -0.39 is 0 Å². The van der Waals surface area contributed by atoms with Gasteiger partial charge in [-0.05, 0) is 19.3 Å². The van der Waals surface area contributed by atoms with Crippen LogP contribution in [0.15, 0.2) is 4.79 Å². The molecule has 0 radical (unpaired) electrons.